The van der Waals surface area contributed by atoms with Gasteiger partial charge in [0.05, 0.1) is 6.61 Å². The number of ether oxygens (including phenoxy) is 1. The van der Waals surface area contributed by atoms with Crippen molar-refractivity contribution < 1.29 is 14.6 Å². The van der Waals surface area contributed by atoms with E-state index in [0.717, 1.165) is 13.2 Å². The van der Waals surface area contributed by atoms with Crippen molar-refractivity contribution in [3.8, 4) is 0 Å². The Kier molecular flexibility index (Phi) is 7.95. The summed E-state index contributed by atoms with van der Waals surface area (Å²) in [5, 5.41) is 11.6. The summed E-state index contributed by atoms with van der Waals surface area (Å²) in [6, 6.07) is 0. The molecule has 0 aromatic rings. The first-order valence-corrected chi connectivity index (χ1v) is 5.22. The average Bonchev–Trinajstić information content (AvgIpc) is 2.15. The van der Waals surface area contributed by atoms with Gasteiger partial charge in [0.2, 0.25) is 0 Å². The van der Waals surface area contributed by atoms with E-state index in [-0.39, 0.29) is 0 Å². The average molecular weight is 215 g/mol. The van der Waals surface area contributed by atoms with Gasteiger partial charge in [0.25, 0.3) is 0 Å². The maximum Gasteiger partial charge on any atom is 0.330 e. The van der Waals surface area contributed by atoms with Gasteiger partial charge in [-0.3, -0.25) is 0 Å². The van der Waals surface area contributed by atoms with E-state index in [9.17, 15) is 4.79 Å². The van der Waals surface area contributed by atoms with Crippen molar-refractivity contribution in [3.05, 3.63) is 11.6 Å². The fourth-order valence-corrected chi connectivity index (χ4v) is 0.878. The van der Waals surface area contributed by atoms with Crippen molar-refractivity contribution in [2.75, 3.05) is 26.3 Å². The summed E-state index contributed by atoms with van der Waals surface area (Å²) in [7, 11) is 0. The molecule has 0 fully saturated rings. The van der Waals surface area contributed by atoms with Crippen LogP contribution in [0, 0.1) is 5.92 Å². The summed E-state index contributed by atoms with van der Waals surface area (Å²) in [6.07, 6.45) is 1.66. The quantitative estimate of drug-likeness (QED) is 0.473. The molecule has 15 heavy (non-hydrogen) atoms. The van der Waals surface area contributed by atoms with Gasteiger partial charge in [-0.2, -0.15) is 0 Å². The largest absolute Gasteiger partial charge is 0.478 e. The normalized spacial score (nSPS) is 12.1. The molecular formula is C11H21NO3. The highest BCUT2D eigenvalue weighted by Gasteiger charge is 1.97. The molecule has 0 aliphatic carbocycles. The van der Waals surface area contributed by atoms with E-state index in [2.05, 4.69) is 19.2 Å². The summed E-state index contributed by atoms with van der Waals surface area (Å²) >= 11 is 0. The molecule has 0 spiro atoms. The molecule has 4 heteroatoms. The summed E-state index contributed by atoms with van der Waals surface area (Å²) in [4.78, 5) is 10.4. The monoisotopic (exact) mass is 215 g/mol. The molecule has 0 aromatic heterocycles. The Hall–Kier alpha value is -0.870. The minimum atomic E-state index is -0.868. The smallest absolute Gasteiger partial charge is 0.330 e. The van der Waals surface area contributed by atoms with Crippen molar-refractivity contribution in [1.29, 1.82) is 0 Å². The van der Waals surface area contributed by atoms with Crippen LogP contribution in [0.4, 0.5) is 0 Å². The highest BCUT2D eigenvalue weighted by Crippen LogP contribution is 1.91. The zero-order valence-electron chi connectivity index (χ0n) is 9.75. The number of carbonyl (C=O) groups is 1. The van der Waals surface area contributed by atoms with E-state index in [0.29, 0.717) is 24.6 Å². The predicted molar refractivity (Wildman–Crippen MR) is 59.9 cm³/mol. The lowest BCUT2D eigenvalue weighted by molar-refractivity contribution is -0.132. The molecule has 0 unspecified atom stereocenters. The first kappa shape index (κ1) is 14.1. The van der Waals surface area contributed by atoms with E-state index in [4.69, 9.17) is 9.84 Å². The van der Waals surface area contributed by atoms with Gasteiger partial charge in [0.1, 0.15) is 0 Å². The molecule has 0 aliphatic rings. The third-order valence-corrected chi connectivity index (χ3v) is 1.76. The second kappa shape index (κ2) is 8.44. The van der Waals surface area contributed by atoms with E-state index < -0.39 is 5.97 Å². The van der Waals surface area contributed by atoms with Crippen LogP contribution in [-0.2, 0) is 9.53 Å². The van der Waals surface area contributed by atoms with E-state index >= 15 is 0 Å². The van der Waals surface area contributed by atoms with E-state index in [1.807, 2.05) is 0 Å². The van der Waals surface area contributed by atoms with Crippen LogP contribution in [0.2, 0.25) is 0 Å². The van der Waals surface area contributed by atoms with Gasteiger partial charge >= 0.3 is 5.97 Å². The number of carboxylic acid groups (broad SMARTS) is 1. The minimum absolute atomic E-state index is 0.366. The molecule has 0 amide bonds. The maximum atomic E-state index is 10.4. The van der Waals surface area contributed by atoms with Crippen LogP contribution in [0.1, 0.15) is 20.8 Å². The zero-order valence-corrected chi connectivity index (χ0v) is 9.75. The van der Waals surface area contributed by atoms with Crippen molar-refractivity contribution in [2.45, 2.75) is 20.8 Å². The number of carboxylic acids is 1. The Morgan fingerprint density at radius 1 is 1.53 bits per heavy atom. The highest BCUT2D eigenvalue weighted by molar-refractivity contribution is 5.85. The molecule has 4 nitrogen and oxygen atoms in total. The van der Waals surface area contributed by atoms with Crippen LogP contribution >= 0.6 is 0 Å². The number of aliphatic carboxylic acids is 1. The van der Waals surface area contributed by atoms with Crippen molar-refractivity contribution >= 4 is 5.97 Å². The fourth-order valence-electron chi connectivity index (χ4n) is 0.878. The molecule has 88 valence electrons. The van der Waals surface area contributed by atoms with Crippen LogP contribution < -0.4 is 5.32 Å². The van der Waals surface area contributed by atoms with Gasteiger partial charge < -0.3 is 15.2 Å². The first-order valence-electron chi connectivity index (χ1n) is 5.22. The fraction of sp³-hybridized carbons (Fsp3) is 0.727. The van der Waals surface area contributed by atoms with Gasteiger partial charge in [0, 0.05) is 25.3 Å². The lowest BCUT2D eigenvalue weighted by Gasteiger charge is -2.06. The second-order valence-corrected chi connectivity index (χ2v) is 3.87. The Morgan fingerprint density at radius 3 is 2.73 bits per heavy atom. The summed E-state index contributed by atoms with van der Waals surface area (Å²) in [6.45, 7) is 8.54. The highest BCUT2D eigenvalue weighted by atomic mass is 16.5. The molecule has 2 N–H and O–H groups in total. The van der Waals surface area contributed by atoms with Crippen molar-refractivity contribution in [1.82, 2.24) is 5.32 Å². The Labute approximate surface area is 91.3 Å². The third kappa shape index (κ3) is 9.43. The molecule has 0 rings (SSSR count). The van der Waals surface area contributed by atoms with Gasteiger partial charge in [-0.1, -0.05) is 19.9 Å². The summed E-state index contributed by atoms with van der Waals surface area (Å²) in [5.74, 6) is -0.313. The van der Waals surface area contributed by atoms with Gasteiger partial charge in [-0.15, -0.1) is 0 Å². The molecular weight excluding hydrogens is 194 g/mol. The molecule has 0 bridgehead atoms. The van der Waals surface area contributed by atoms with Crippen molar-refractivity contribution in [3.63, 3.8) is 0 Å². The molecule has 0 saturated carbocycles. The predicted octanol–water partition coefficient (Wildman–Crippen LogP) is 1.28. The lowest BCUT2D eigenvalue weighted by atomic mass is 10.2. The molecule has 0 saturated heterocycles. The minimum Gasteiger partial charge on any atom is -0.478 e. The lowest BCUT2D eigenvalue weighted by Crippen LogP contribution is -2.21. The maximum absolute atomic E-state index is 10.4. The Morgan fingerprint density at radius 2 is 2.20 bits per heavy atom. The summed E-state index contributed by atoms with van der Waals surface area (Å²) in [5.41, 5.74) is 0.366. The van der Waals surface area contributed by atoms with E-state index in [1.54, 1.807) is 13.0 Å². The van der Waals surface area contributed by atoms with Gasteiger partial charge in [-0.25, -0.2) is 4.79 Å². The van der Waals surface area contributed by atoms with Crippen LogP contribution in [-0.4, -0.2) is 37.4 Å². The van der Waals surface area contributed by atoms with E-state index in [1.165, 1.54) is 0 Å². The first-order chi connectivity index (χ1) is 7.04. The van der Waals surface area contributed by atoms with Crippen LogP contribution in [0.25, 0.3) is 0 Å². The van der Waals surface area contributed by atoms with Crippen LogP contribution in [0.5, 0.6) is 0 Å². The topological polar surface area (TPSA) is 58.6 Å². The van der Waals surface area contributed by atoms with Crippen molar-refractivity contribution in [2.24, 2.45) is 5.92 Å². The van der Waals surface area contributed by atoms with Crippen LogP contribution in [0.15, 0.2) is 11.6 Å². The summed E-state index contributed by atoms with van der Waals surface area (Å²) < 4.78 is 5.35. The Bertz CT molecular complexity index is 212. The number of nitrogens with one attached hydrogen (secondary N) is 1. The van der Waals surface area contributed by atoms with Crippen LogP contribution in [0.3, 0.4) is 0 Å². The second-order valence-electron chi connectivity index (χ2n) is 3.87. The molecule has 0 aliphatic heterocycles. The number of hydrogen-bond acceptors (Lipinski definition) is 3. The standard InChI is InChI=1S/C11H21NO3/c1-9(2)8-15-7-6-12-5-4-10(3)11(13)14/h4,9,12H,5-8H2,1-3H3,(H,13,14)/b10-4-. The Balaban J connectivity index is 3.32. The number of rotatable bonds is 8. The molecule has 0 heterocycles. The van der Waals surface area contributed by atoms with Gasteiger partial charge in [0.15, 0.2) is 0 Å². The molecule has 0 radical (unpaired) electrons. The SMILES string of the molecule is C/C(=C/CNCCOCC(C)C)C(=O)O. The third-order valence-electron chi connectivity index (χ3n) is 1.76. The molecule has 0 atom stereocenters. The zero-order chi connectivity index (χ0) is 11.7. The number of hydrogen-bond donors (Lipinski definition) is 2. The van der Waals surface area contributed by atoms with Gasteiger partial charge in [-0.05, 0) is 12.8 Å². The molecule has 0 aromatic carbocycles.